The summed E-state index contributed by atoms with van der Waals surface area (Å²) in [6.07, 6.45) is 2.99. The van der Waals surface area contributed by atoms with E-state index in [1.807, 2.05) is 48.5 Å². The van der Waals surface area contributed by atoms with E-state index in [2.05, 4.69) is 6.07 Å². The molecule has 0 aliphatic heterocycles. The Morgan fingerprint density at radius 1 is 1.00 bits per heavy atom. The fourth-order valence-electron chi connectivity index (χ4n) is 2.67. The Labute approximate surface area is 113 Å². The van der Waals surface area contributed by atoms with Crippen molar-refractivity contribution >= 4 is 5.97 Å². The van der Waals surface area contributed by atoms with E-state index in [1.54, 1.807) is 0 Å². The number of hydrogen-bond donors (Lipinski definition) is 0. The number of benzene rings is 2. The molecule has 19 heavy (non-hydrogen) atoms. The molecule has 2 nitrogen and oxygen atoms in total. The molecule has 0 saturated heterocycles. The largest absolute Gasteiger partial charge is 0.426 e. The second-order valence-corrected chi connectivity index (χ2v) is 4.88. The second-order valence-electron chi connectivity index (χ2n) is 4.88. The van der Waals surface area contributed by atoms with E-state index >= 15 is 0 Å². The van der Waals surface area contributed by atoms with Gasteiger partial charge in [-0.3, -0.25) is 4.79 Å². The molecule has 1 atom stereocenters. The molecule has 0 heterocycles. The minimum Gasteiger partial charge on any atom is -0.426 e. The molecule has 0 spiro atoms. The summed E-state index contributed by atoms with van der Waals surface area (Å²) >= 11 is 0. The predicted octanol–water partition coefficient (Wildman–Crippen LogP) is 3.71. The van der Waals surface area contributed by atoms with Crippen LogP contribution in [0.3, 0.4) is 0 Å². The van der Waals surface area contributed by atoms with Crippen molar-refractivity contribution in [3.8, 4) is 5.75 Å². The van der Waals surface area contributed by atoms with E-state index in [9.17, 15) is 4.79 Å². The van der Waals surface area contributed by atoms with Crippen LogP contribution in [0.1, 0.15) is 29.9 Å². The van der Waals surface area contributed by atoms with Crippen LogP contribution in [0.4, 0.5) is 0 Å². The standard InChI is InChI=1S/C17H16O2/c18-17(19-14-9-2-1-3-10-14)16-12-6-8-13-7-4-5-11-15(13)16/h1-5,7,9-11,16H,6,8,12H2. The number of para-hydroxylation sites is 1. The van der Waals surface area contributed by atoms with Crippen molar-refractivity contribution in [2.24, 2.45) is 0 Å². The van der Waals surface area contributed by atoms with Crippen LogP contribution in [0, 0.1) is 0 Å². The molecule has 0 saturated carbocycles. The van der Waals surface area contributed by atoms with Gasteiger partial charge in [0.15, 0.2) is 0 Å². The highest BCUT2D eigenvalue weighted by atomic mass is 16.5. The zero-order chi connectivity index (χ0) is 13.1. The third kappa shape index (κ3) is 2.53. The first kappa shape index (κ1) is 12.0. The van der Waals surface area contributed by atoms with E-state index in [0.29, 0.717) is 5.75 Å². The lowest BCUT2D eigenvalue weighted by Gasteiger charge is -2.23. The number of carbonyl (C=O) groups excluding carboxylic acids is 1. The molecule has 3 rings (SSSR count). The monoisotopic (exact) mass is 252 g/mol. The fourth-order valence-corrected chi connectivity index (χ4v) is 2.67. The Morgan fingerprint density at radius 3 is 2.58 bits per heavy atom. The maximum atomic E-state index is 12.3. The molecule has 2 aromatic rings. The van der Waals surface area contributed by atoms with Crippen molar-refractivity contribution in [3.63, 3.8) is 0 Å². The van der Waals surface area contributed by atoms with Gasteiger partial charge in [0.25, 0.3) is 0 Å². The predicted molar refractivity (Wildman–Crippen MR) is 74.2 cm³/mol. The molecule has 1 aliphatic rings. The molecule has 1 unspecified atom stereocenters. The highest BCUT2D eigenvalue weighted by Crippen LogP contribution is 2.32. The van der Waals surface area contributed by atoms with Crippen molar-refractivity contribution < 1.29 is 9.53 Å². The number of esters is 1. The number of carbonyl (C=O) groups is 1. The number of fused-ring (bicyclic) bond motifs is 1. The van der Waals surface area contributed by atoms with Gasteiger partial charge in [0, 0.05) is 0 Å². The van der Waals surface area contributed by atoms with E-state index in [-0.39, 0.29) is 11.9 Å². The van der Waals surface area contributed by atoms with Crippen molar-refractivity contribution in [1.82, 2.24) is 0 Å². The summed E-state index contributed by atoms with van der Waals surface area (Å²) in [7, 11) is 0. The van der Waals surface area contributed by atoms with Crippen LogP contribution in [-0.4, -0.2) is 5.97 Å². The molecule has 2 heteroatoms. The van der Waals surface area contributed by atoms with Crippen molar-refractivity contribution in [2.45, 2.75) is 25.2 Å². The molecule has 0 bridgehead atoms. The first-order valence-corrected chi connectivity index (χ1v) is 6.69. The van der Waals surface area contributed by atoms with Gasteiger partial charge in [-0.05, 0) is 42.5 Å². The first-order chi connectivity index (χ1) is 9.34. The molecule has 2 aromatic carbocycles. The summed E-state index contributed by atoms with van der Waals surface area (Å²) < 4.78 is 5.47. The Bertz CT molecular complexity index is 575. The maximum Gasteiger partial charge on any atom is 0.318 e. The normalized spacial score (nSPS) is 17.6. The highest BCUT2D eigenvalue weighted by molar-refractivity contribution is 5.81. The van der Waals surface area contributed by atoms with E-state index in [0.717, 1.165) is 24.8 Å². The Hall–Kier alpha value is -2.09. The Morgan fingerprint density at radius 2 is 1.74 bits per heavy atom. The third-order valence-corrected chi connectivity index (χ3v) is 3.62. The van der Waals surface area contributed by atoms with Crippen LogP contribution in [-0.2, 0) is 11.2 Å². The summed E-state index contributed by atoms with van der Waals surface area (Å²) in [6, 6.07) is 17.5. The van der Waals surface area contributed by atoms with Crippen molar-refractivity contribution in [3.05, 3.63) is 65.7 Å². The van der Waals surface area contributed by atoms with E-state index in [1.165, 1.54) is 5.56 Å². The zero-order valence-corrected chi connectivity index (χ0v) is 10.7. The van der Waals surface area contributed by atoms with Gasteiger partial charge in [0.1, 0.15) is 5.75 Å². The second kappa shape index (κ2) is 5.27. The summed E-state index contributed by atoms with van der Waals surface area (Å²) in [6.45, 7) is 0. The number of rotatable bonds is 2. The summed E-state index contributed by atoms with van der Waals surface area (Å²) in [5.41, 5.74) is 2.42. The zero-order valence-electron chi connectivity index (χ0n) is 10.7. The van der Waals surface area contributed by atoms with Gasteiger partial charge >= 0.3 is 5.97 Å². The minimum atomic E-state index is -0.140. The number of hydrogen-bond acceptors (Lipinski definition) is 2. The van der Waals surface area contributed by atoms with Gasteiger partial charge in [0.2, 0.25) is 0 Å². The maximum absolute atomic E-state index is 12.3. The molecule has 1 aliphatic carbocycles. The van der Waals surface area contributed by atoms with Crippen molar-refractivity contribution in [1.29, 1.82) is 0 Å². The summed E-state index contributed by atoms with van der Waals surface area (Å²) in [5.74, 6) is 0.360. The van der Waals surface area contributed by atoms with Crippen LogP contribution >= 0.6 is 0 Å². The van der Waals surface area contributed by atoms with E-state index < -0.39 is 0 Å². The van der Waals surface area contributed by atoms with Crippen LogP contribution < -0.4 is 4.74 Å². The van der Waals surface area contributed by atoms with Gasteiger partial charge in [-0.2, -0.15) is 0 Å². The van der Waals surface area contributed by atoms with Crippen LogP contribution in [0.25, 0.3) is 0 Å². The average molecular weight is 252 g/mol. The molecule has 96 valence electrons. The SMILES string of the molecule is O=C(Oc1ccccc1)C1CCCc2ccccc21. The Kier molecular flexibility index (Phi) is 3.32. The molecular weight excluding hydrogens is 236 g/mol. The van der Waals surface area contributed by atoms with Gasteiger partial charge in [-0.25, -0.2) is 0 Å². The number of aryl methyl sites for hydroxylation is 1. The molecule has 0 aromatic heterocycles. The van der Waals surface area contributed by atoms with Gasteiger partial charge in [0.05, 0.1) is 5.92 Å². The van der Waals surface area contributed by atoms with Crippen LogP contribution in [0.2, 0.25) is 0 Å². The molecule has 0 amide bonds. The van der Waals surface area contributed by atoms with Gasteiger partial charge < -0.3 is 4.74 Å². The summed E-state index contributed by atoms with van der Waals surface area (Å²) in [5, 5.41) is 0. The Balaban J connectivity index is 1.82. The average Bonchev–Trinajstić information content (AvgIpc) is 2.47. The molecule has 0 fully saturated rings. The van der Waals surface area contributed by atoms with Gasteiger partial charge in [-0.15, -0.1) is 0 Å². The van der Waals surface area contributed by atoms with Gasteiger partial charge in [-0.1, -0.05) is 42.5 Å². The quantitative estimate of drug-likeness (QED) is 0.601. The number of ether oxygens (including phenoxy) is 1. The lowest BCUT2D eigenvalue weighted by Crippen LogP contribution is -2.22. The topological polar surface area (TPSA) is 26.3 Å². The lowest BCUT2D eigenvalue weighted by molar-refractivity contribution is -0.136. The smallest absolute Gasteiger partial charge is 0.318 e. The van der Waals surface area contributed by atoms with Crippen LogP contribution in [0.15, 0.2) is 54.6 Å². The van der Waals surface area contributed by atoms with Crippen molar-refractivity contribution in [2.75, 3.05) is 0 Å². The van der Waals surface area contributed by atoms with E-state index in [4.69, 9.17) is 4.74 Å². The molecular formula is C17H16O2. The molecule has 0 radical (unpaired) electrons. The lowest BCUT2D eigenvalue weighted by atomic mass is 9.83. The summed E-state index contributed by atoms with van der Waals surface area (Å²) in [4.78, 5) is 12.3. The van der Waals surface area contributed by atoms with Crippen LogP contribution in [0.5, 0.6) is 5.75 Å². The molecule has 0 N–H and O–H groups in total. The fraction of sp³-hybridized carbons (Fsp3) is 0.235. The highest BCUT2D eigenvalue weighted by Gasteiger charge is 2.27. The third-order valence-electron chi connectivity index (χ3n) is 3.62. The minimum absolute atomic E-state index is 0.120. The first-order valence-electron chi connectivity index (χ1n) is 6.69.